The number of carbonyl (C=O) groups is 1. The summed E-state index contributed by atoms with van der Waals surface area (Å²) in [6.07, 6.45) is 0. The fourth-order valence-corrected chi connectivity index (χ4v) is 3.69. The lowest BCUT2D eigenvalue weighted by atomic mass is 10.2. The van der Waals surface area contributed by atoms with E-state index in [4.69, 9.17) is 9.52 Å². The lowest BCUT2D eigenvalue weighted by Gasteiger charge is -2.31. The largest absolute Gasteiger partial charge is 0.480 e. The second kappa shape index (κ2) is 5.10. The molecule has 112 valence electrons. The van der Waals surface area contributed by atoms with Crippen LogP contribution in [0, 0.1) is 0 Å². The molecule has 0 radical (unpaired) electrons. The molecule has 0 unspecified atom stereocenters. The summed E-state index contributed by atoms with van der Waals surface area (Å²) in [5, 5.41) is 11.5. The Morgan fingerprint density at radius 3 is 2.90 bits per heavy atom. The van der Waals surface area contributed by atoms with Crippen molar-refractivity contribution in [1.82, 2.24) is 14.6 Å². The molecule has 1 aromatic heterocycles. The number of carboxylic acid groups (broad SMARTS) is 1. The summed E-state index contributed by atoms with van der Waals surface area (Å²) in [6.45, 7) is 0.482. The van der Waals surface area contributed by atoms with Gasteiger partial charge in [0.25, 0.3) is 10.0 Å². The summed E-state index contributed by atoms with van der Waals surface area (Å²) in [4.78, 5) is 15.2. The molecular weight excluding hydrogens is 298 g/mol. The van der Waals surface area contributed by atoms with Gasteiger partial charge in [-0.05, 0) is 12.1 Å². The number of sulfonamides is 1. The maximum atomic E-state index is 12.6. The molecular formula is C12H13N3O5S. The monoisotopic (exact) mass is 311 g/mol. The number of aliphatic carboxylic acids is 1. The molecule has 0 saturated carbocycles. The number of oxazole rings is 1. The van der Waals surface area contributed by atoms with E-state index < -0.39 is 27.3 Å². The number of para-hydroxylation sites is 2. The molecule has 1 aromatic carbocycles. The van der Waals surface area contributed by atoms with Crippen LogP contribution in [-0.2, 0) is 14.8 Å². The molecule has 1 fully saturated rings. The first-order valence-corrected chi connectivity index (χ1v) is 7.75. The van der Waals surface area contributed by atoms with Gasteiger partial charge in [0, 0.05) is 19.6 Å². The first-order valence-electron chi connectivity index (χ1n) is 6.31. The molecule has 9 heteroatoms. The third-order valence-electron chi connectivity index (χ3n) is 3.28. The topological polar surface area (TPSA) is 113 Å². The molecule has 0 bridgehead atoms. The van der Waals surface area contributed by atoms with E-state index in [0.29, 0.717) is 17.6 Å². The Balaban J connectivity index is 2.04. The van der Waals surface area contributed by atoms with E-state index in [0.717, 1.165) is 4.31 Å². The van der Waals surface area contributed by atoms with Gasteiger partial charge < -0.3 is 14.8 Å². The number of fused-ring (bicyclic) bond motifs is 1. The minimum absolute atomic E-state index is 0.0504. The average Bonchev–Trinajstić information content (AvgIpc) is 2.92. The Morgan fingerprint density at radius 2 is 2.19 bits per heavy atom. The lowest BCUT2D eigenvalue weighted by molar-refractivity contribution is -0.141. The van der Waals surface area contributed by atoms with E-state index in [1.165, 1.54) is 0 Å². The third-order valence-corrected chi connectivity index (χ3v) is 4.95. The van der Waals surface area contributed by atoms with Crippen LogP contribution in [0.3, 0.4) is 0 Å². The predicted molar refractivity (Wildman–Crippen MR) is 72.2 cm³/mol. The fourth-order valence-electron chi connectivity index (χ4n) is 2.25. The lowest BCUT2D eigenvalue weighted by Crippen LogP contribution is -2.56. The van der Waals surface area contributed by atoms with Gasteiger partial charge in [0.05, 0.1) is 0 Å². The number of nitrogens with one attached hydrogen (secondary N) is 1. The van der Waals surface area contributed by atoms with Gasteiger partial charge in [-0.2, -0.15) is 9.29 Å². The Labute approximate surface area is 120 Å². The van der Waals surface area contributed by atoms with Crippen molar-refractivity contribution in [3.05, 3.63) is 24.3 Å². The summed E-state index contributed by atoms with van der Waals surface area (Å²) in [5.41, 5.74) is 0.760. The van der Waals surface area contributed by atoms with Crippen molar-refractivity contribution >= 4 is 27.1 Å². The molecule has 0 amide bonds. The van der Waals surface area contributed by atoms with Crippen molar-refractivity contribution in [3.8, 4) is 0 Å². The minimum atomic E-state index is -4.08. The van der Waals surface area contributed by atoms with E-state index in [-0.39, 0.29) is 13.1 Å². The third kappa shape index (κ3) is 2.39. The van der Waals surface area contributed by atoms with Crippen molar-refractivity contribution in [2.24, 2.45) is 0 Å². The number of rotatable bonds is 3. The second-order valence-electron chi connectivity index (χ2n) is 4.62. The zero-order valence-corrected chi connectivity index (χ0v) is 11.7. The molecule has 1 atom stereocenters. The van der Waals surface area contributed by atoms with Crippen LogP contribution >= 0.6 is 0 Å². The van der Waals surface area contributed by atoms with Crippen molar-refractivity contribution in [1.29, 1.82) is 0 Å². The molecule has 2 heterocycles. The van der Waals surface area contributed by atoms with Gasteiger partial charge in [0.1, 0.15) is 11.6 Å². The molecule has 3 rings (SSSR count). The van der Waals surface area contributed by atoms with Crippen molar-refractivity contribution < 1.29 is 22.7 Å². The Bertz CT molecular complexity index is 752. The summed E-state index contributed by atoms with van der Waals surface area (Å²) >= 11 is 0. The van der Waals surface area contributed by atoms with Gasteiger partial charge in [-0.25, -0.2) is 8.42 Å². The second-order valence-corrected chi connectivity index (χ2v) is 6.39. The van der Waals surface area contributed by atoms with E-state index in [1.54, 1.807) is 24.3 Å². The maximum absolute atomic E-state index is 12.6. The molecule has 2 N–H and O–H groups in total. The number of aromatic nitrogens is 1. The molecule has 1 aliphatic heterocycles. The smallest absolute Gasteiger partial charge is 0.332 e. The van der Waals surface area contributed by atoms with Gasteiger partial charge in [0.15, 0.2) is 5.58 Å². The molecule has 21 heavy (non-hydrogen) atoms. The van der Waals surface area contributed by atoms with E-state index in [1.807, 2.05) is 0 Å². The summed E-state index contributed by atoms with van der Waals surface area (Å²) < 4.78 is 31.3. The van der Waals surface area contributed by atoms with E-state index in [9.17, 15) is 13.2 Å². The van der Waals surface area contributed by atoms with Crippen LogP contribution in [0.4, 0.5) is 0 Å². The maximum Gasteiger partial charge on any atom is 0.332 e. The molecule has 0 spiro atoms. The number of nitrogens with zero attached hydrogens (tertiary/aromatic N) is 2. The Morgan fingerprint density at radius 1 is 1.43 bits per heavy atom. The van der Waals surface area contributed by atoms with E-state index >= 15 is 0 Å². The predicted octanol–water partition coefficient (Wildman–Crippen LogP) is -0.125. The van der Waals surface area contributed by atoms with Crippen LogP contribution in [0.1, 0.15) is 0 Å². The molecule has 1 aliphatic rings. The number of carboxylic acids is 1. The van der Waals surface area contributed by atoms with E-state index in [2.05, 4.69) is 10.3 Å². The summed E-state index contributed by atoms with van der Waals surface area (Å²) in [5.74, 6) is -1.21. The highest BCUT2D eigenvalue weighted by molar-refractivity contribution is 7.88. The molecule has 8 nitrogen and oxygen atoms in total. The molecule has 0 aliphatic carbocycles. The van der Waals surface area contributed by atoms with Crippen LogP contribution in [0.15, 0.2) is 33.9 Å². The van der Waals surface area contributed by atoms with Gasteiger partial charge in [-0.1, -0.05) is 12.1 Å². The highest BCUT2D eigenvalue weighted by Gasteiger charge is 2.40. The number of hydrogen-bond donors (Lipinski definition) is 2. The van der Waals surface area contributed by atoms with Crippen LogP contribution in [0.2, 0.25) is 0 Å². The number of piperazine rings is 1. The summed E-state index contributed by atoms with van der Waals surface area (Å²) in [6, 6.07) is 5.48. The molecule has 2 aromatic rings. The van der Waals surface area contributed by atoms with Gasteiger partial charge in [-0.3, -0.25) is 4.79 Å². The average molecular weight is 311 g/mol. The first kappa shape index (κ1) is 14.0. The van der Waals surface area contributed by atoms with Crippen LogP contribution < -0.4 is 5.32 Å². The first-order chi connectivity index (χ1) is 10.00. The minimum Gasteiger partial charge on any atom is -0.480 e. The standard InChI is InChI=1S/C12H13N3O5S/c16-11(17)9-7-13-5-6-15(9)21(18,19)12-14-8-3-1-2-4-10(8)20-12/h1-4,9,13H,5-7H2,(H,16,17)/t9-/m1/s1. The van der Waals surface area contributed by atoms with Crippen LogP contribution in [0.25, 0.3) is 11.1 Å². The zero-order chi connectivity index (χ0) is 15.0. The van der Waals surface area contributed by atoms with Crippen molar-refractivity contribution in [2.75, 3.05) is 19.6 Å². The van der Waals surface area contributed by atoms with Crippen LogP contribution in [0.5, 0.6) is 0 Å². The number of benzene rings is 1. The SMILES string of the molecule is O=C(O)[C@H]1CNCCN1S(=O)(=O)c1nc2ccccc2o1. The van der Waals surface area contributed by atoms with Crippen molar-refractivity contribution in [2.45, 2.75) is 11.3 Å². The normalized spacial score (nSPS) is 20.7. The number of hydrogen-bond acceptors (Lipinski definition) is 6. The fraction of sp³-hybridized carbons (Fsp3) is 0.333. The van der Waals surface area contributed by atoms with Crippen LogP contribution in [-0.4, -0.2) is 54.5 Å². The Kier molecular flexibility index (Phi) is 3.40. The van der Waals surface area contributed by atoms with Gasteiger partial charge in [0.2, 0.25) is 0 Å². The van der Waals surface area contributed by atoms with Crippen molar-refractivity contribution in [3.63, 3.8) is 0 Å². The highest BCUT2D eigenvalue weighted by atomic mass is 32.2. The zero-order valence-electron chi connectivity index (χ0n) is 10.9. The quantitative estimate of drug-likeness (QED) is 0.812. The molecule has 1 saturated heterocycles. The van der Waals surface area contributed by atoms with Gasteiger partial charge in [-0.15, -0.1) is 0 Å². The summed E-state index contributed by atoms with van der Waals surface area (Å²) in [7, 11) is -4.08. The highest BCUT2D eigenvalue weighted by Crippen LogP contribution is 2.23. The van der Waals surface area contributed by atoms with Gasteiger partial charge >= 0.3 is 11.2 Å². The Hall–Kier alpha value is -1.97.